The second kappa shape index (κ2) is 7.03. The summed E-state index contributed by atoms with van der Waals surface area (Å²) in [5.74, 6) is -1.30. The van der Waals surface area contributed by atoms with Gasteiger partial charge >= 0.3 is 5.97 Å². The summed E-state index contributed by atoms with van der Waals surface area (Å²) in [5.41, 5.74) is 0.579. The Balaban J connectivity index is 1.73. The number of carbonyl (C=O) groups excluding carboxylic acids is 2. The quantitative estimate of drug-likeness (QED) is 0.892. The van der Waals surface area contributed by atoms with E-state index in [0.29, 0.717) is 25.2 Å². The van der Waals surface area contributed by atoms with E-state index in [-0.39, 0.29) is 30.2 Å². The lowest BCUT2D eigenvalue weighted by Crippen LogP contribution is -2.48. The first kappa shape index (κ1) is 16.5. The molecule has 1 saturated heterocycles. The van der Waals surface area contributed by atoms with Crippen molar-refractivity contribution in [2.75, 3.05) is 24.5 Å². The lowest BCUT2D eigenvalue weighted by Gasteiger charge is -2.34. The molecular formula is C18H22N2O4. The molecule has 24 heavy (non-hydrogen) atoms. The molecule has 1 aromatic rings. The van der Waals surface area contributed by atoms with Gasteiger partial charge in [0, 0.05) is 24.7 Å². The lowest BCUT2D eigenvalue weighted by molar-refractivity contribution is -0.139. The number of piperidine rings is 1. The summed E-state index contributed by atoms with van der Waals surface area (Å²) in [5, 5.41) is 9.16. The van der Waals surface area contributed by atoms with Crippen molar-refractivity contribution in [3.05, 3.63) is 30.3 Å². The number of amides is 2. The lowest BCUT2D eigenvalue weighted by atomic mass is 9.95. The maximum atomic E-state index is 12.9. The number of hydrogen-bond acceptors (Lipinski definition) is 3. The predicted octanol–water partition coefficient (Wildman–Crippen LogP) is 1.75. The molecule has 2 aliphatic rings. The third-order valence-corrected chi connectivity index (χ3v) is 4.64. The van der Waals surface area contributed by atoms with E-state index in [0.717, 1.165) is 19.3 Å². The molecule has 1 heterocycles. The molecule has 1 atom stereocenters. The minimum atomic E-state index is -1.05. The highest BCUT2D eigenvalue weighted by atomic mass is 16.4. The summed E-state index contributed by atoms with van der Waals surface area (Å²) < 4.78 is 0. The van der Waals surface area contributed by atoms with Gasteiger partial charge in [-0.2, -0.15) is 0 Å². The third kappa shape index (κ3) is 3.75. The van der Waals surface area contributed by atoms with Crippen LogP contribution >= 0.6 is 0 Å². The van der Waals surface area contributed by atoms with Crippen LogP contribution in [0.15, 0.2) is 30.3 Å². The van der Waals surface area contributed by atoms with E-state index in [1.807, 2.05) is 6.07 Å². The number of anilines is 1. The summed E-state index contributed by atoms with van der Waals surface area (Å²) in [6, 6.07) is 8.85. The Morgan fingerprint density at radius 1 is 1.08 bits per heavy atom. The van der Waals surface area contributed by atoms with Crippen molar-refractivity contribution in [1.82, 2.24) is 4.90 Å². The second-order valence-corrected chi connectivity index (χ2v) is 6.55. The first-order chi connectivity index (χ1) is 11.6. The topological polar surface area (TPSA) is 77.9 Å². The highest BCUT2D eigenvalue weighted by molar-refractivity contribution is 5.99. The first-order valence-corrected chi connectivity index (χ1v) is 8.43. The molecule has 1 aliphatic heterocycles. The summed E-state index contributed by atoms with van der Waals surface area (Å²) in [4.78, 5) is 39.5. The number of benzene rings is 1. The summed E-state index contributed by atoms with van der Waals surface area (Å²) in [6.07, 6.45) is 3.37. The SMILES string of the molecule is O=C(O)CN(C(=O)C1CCCN(C(=O)C2CC2)C1)c1ccccc1. The van der Waals surface area contributed by atoms with Crippen molar-refractivity contribution in [2.24, 2.45) is 11.8 Å². The Bertz CT molecular complexity index is 627. The van der Waals surface area contributed by atoms with Gasteiger partial charge in [0.25, 0.3) is 0 Å². The van der Waals surface area contributed by atoms with Crippen LogP contribution in [0.1, 0.15) is 25.7 Å². The Morgan fingerprint density at radius 3 is 2.42 bits per heavy atom. The molecular weight excluding hydrogens is 308 g/mol. The van der Waals surface area contributed by atoms with Gasteiger partial charge in [0.15, 0.2) is 0 Å². The molecule has 0 radical (unpaired) electrons. The fraction of sp³-hybridized carbons (Fsp3) is 0.500. The number of aliphatic carboxylic acids is 1. The van der Waals surface area contributed by atoms with Crippen LogP contribution in [0.3, 0.4) is 0 Å². The maximum Gasteiger partial charge on any atom is 0.323 e. The highest BCUT2D eigenvalue weighted by Gasteiger charge is 2.38. The van der Waals surface area contributed by atoms with E-state index in [4.69, 9.17) is 5.11 Å². The monoisotopic (exact) mass is 330 g/mol. The molecule has 1 saturated carbocycles. The molecule has 3 rings (SSSR count). The summed E-state index contributed by atoms with van der Waals surface area (Å²) >= 11 is 0. The van der Waals surface area contributed by atoms with Crippen molar-refractivity contribution in [2.45, 2.75) is 25.7 Å². The minimum Gasteiger partial charge on any atom is -0.480 e. The van der Waals surface area contributed by atoms with Crippen LogP contribution in [0, 0.1) is 11.8 Å². The summed E-state index contributed by atoms with van der Waals surface area (Å²) in [6.45, 7) is 0.733. The van der Waals surface area contributed by atoms with Gasteiger partial charge in [-0.1, -0.05) is 18.2 Å². The largest absolute Gasteiger partial charge is 0.480 e. The van der Waals surface area contributed by atoms with Crippen LogP contribution in [0.5, 0.6) is 0 Å². The number of hydrogen-bond donors (Lipinski definition) is 1. The van der Waals surface area contributed by atoms with Crippen LogP contribution in [0.2, 0.25) is 0 Å². The van der Waals surface area contributed by atoms with Crippen molar-refractivity contribution in [3.8, 4) is 0 Å². The maximum absolute atomic E-state index is 12.9. The van der Waals surface area contributed by atoms with Crippen molar-refractivity contribution >= 4 is 23.5 Å². The molecule has 0 bridgehead atoms. The average Bonchev–Trinajstić information content (AvgIpc) is 3.44. The fourth-order valence-electron chi connectivity index (χ4n) is 3.23. The highest BCUT2D eigenvalue weighted by Crippen LogP contribution is 2.33. The Labute approximate surface area is 141 Å². The number of rotatable bonds is 5. The Morgan fingerprint density at radius 2 is 1.79 bits per heavy atom. The van der Waals surface area contributed by atoms with E-state index in [2.05, 4.69) is 0 Å². The molecule has 1 N–H and O–H groups in total. The standard InChI is InChI=1S/C18H22N2O4/c21-16(22)12-20(15-6-2-1-3-7-15)18(24)14-5-4-10-19(11-14)17(23)13-8-9-13/h1-3,6-7,13-14H,4-5,8-12H2,(H,21,22). The van der Waals surface area contributed by atoms with Crippen molar-refractivity contribution < 1.29 is 19.5 Å². The van der Waals surface area contributed by atoms with Gasteiger partial charge in [0.1, 0.15) is 6.54 Å². The van der Waals surface area contributed by atoms with E-state index in [9.17, 15) is 14.4 Å². The van der Waals surface area contributed by atoms with Crippen LogP contribution in [-0.4, -0.2) is 47.4 Å². The second-order valence-electron chi connectivity index (χ2n) is 6.55. The van der Waals surface area contributed by atoms with Gasteiger partial charge in [-0.05, 0) is 37.8 Å². The fourth-order valence-corrected chi connectivity index (χ4v) is 3.23. The number of carboxylic acids is 1. The zero-order chi connectivity index (χ0) is 17.1. The van der Waals surface area contributed by atoms with Gasteiger partial charge in [-0.3, -0.25) is 14.4 Å². The number of para-hydroxylation sites is 1. The minimum absolute atomic E-state index is 0.142. The number of carboxylic acid groups (broad SMARTS) is 1. The molecule has 1 unspecified atom stereocenters. The van der Waals surface area contributed by atoms with E-state index in [1.54, 1.807) is 29.2 Å². The van der Waals surface area contributed by atoms with E-state index >= 15 is 0 Å². The van der Waals surface area contributed by atoms with Gasteiger partial charge in [-0.15, -0.1) is 0 Å². The molecule has 128 valence electrons. The van der Waals surface area contributed by atoms with E-state index < -0.39 is 5.97 Å². The van der Waals surface area contributed by atoms with Crippen LogP contribution < -0.4 is 4.90 Å². The number of carbonyl (C=O) groups is 3. The smallest absolute Gasteiger partial charge is 0.323 e. The summed E-state index contributed by atoms with van der Waals surface area (Å²) in [7, 11) is 0. The zero-order valence-electron chi connectivity index (χ0n) is 13.6. The van der Waals surface area contributed by atoms with Crippen LogP contribution in [0.4, 0.5) is 5.69 Å². The van der Waals surface area contributed by atoms with Gasteiger partial charge in [0.2, 0.25) is 11.8 Å². The Kier molecular flexibility index (Phi) is 4.83. The molecule has 2 amide bonds. The van der Waals surface area contributed by atoms with Crippen molar-refractivity contribution in [1.29, 1.82) is 0 Å². The van der Waals surface area contributed by atoms with E-state index in [1.165, 1.54) is 4.90 Å². The molecule has 0 aromatic heterocycles. The molecule has 2 fully saturated rings. The van der Waals surface area contributed by atoms with Gasteiger partial charge in [-0.25, -0.2) is 0 Å². The first-order valence-electron chi connectivity index (χ1n) is 8.43. The predicted molar refractivity (Wildman–Crippen MR) is 88.5 cm³/mol. The number of likely N-dealkylation sites (tertiary alicyclic amines) is 1. The average molecular weight is 330 g/mol. The van der Waals surface area contributed by atoms with Gasteiger partial charge in [0.05, 0.1) is 5.92 Å². The van der Waals surface area contributed by atoms with Crippen LogP contribution in [0.25, 0.3) is 0 Å². The Hall–Kier alpha value is -2.37. The van der Waals surface area contributed by atoms with Crippen molar-refractivity contribution in [3.63, 3.8) is 0 Å². The zero-order valence-corrected chi connectivity index (χ0v) is 13.6. The molecule has 6 heteroatoms. The molecule has 6 nitrogen and oxygen atoms in total. The normalized spacial score (nSPS) is 20.5. The third-order valence-electron chi connectivity index (χ3n) is 4.64. The number of nitrogens with zero attached hydrogens (tertiary/aromatic N) is 2. The van der Waals surface area contributed by atoms with Crippen LogP contribution in [-0.2, 0) is 14.4 Å². The molecule has 1 aromatic carbocycles. The molecule has 0 spiro atoms. The molecule has 1 aliphatic carbocycles. The van der Waals surface area contributed by atoms with Gasteiger partial charge < -0.3 is 14.9 Å².